The van der Waals surface area contributed by atoms with E-state index in [1.807, 2.05) is 30.3 Å². The van der Waals surface area contributed by atoms with Gasteiger partial charge in [0.1, 0.15) is 0 Å². The van der Waals surface area contributed by atoms with Gasteiger partial charge in [-0.3, -0.25) is 0 Å². The number of hydrogen-bond donors (Lipinski definition) is 0. The van der Waals surface area contributed by atoms with E-state index in [4.69, 9.17) is 0 Å². The van der Waals surface area contributed by atoms with Gasteiger partial charge in [0.15, 0.2) is 24.0 Å². The van der Waals surface area contributed by atoms with Crippen molar-refractivity contribution in [3.63, 3.8) is 0 Å². The fourth-order valence-corrected chi connectivity index (χ4v) is 4.39. The van der Waals surface area contributed by atoms with Crippen LogP contribution < -0.4 is 0 Å². The van der Waals surface area contributed by atoms with Crippen LogP contribution in [0.15, 0.2) is 30.3 Å². The molecule has 0 N–H and O–H groups in total. The molecule has 0 amide bonds. The van der Waals surface area contributed by atoms with Crippen molar-refractivity contribution in [1.29, 1.82) is 0 Å². The first kappa shape index (κ1) is 12.7. The minimum atomic E-state index is -1.16. The molecule has 1 aromatic carbocycles. The lowest BCUT2D eigenvalue weighted by Gasteiger charge is -2.62. The van der Waals surface area contributed by atoms with Crippen LogP contribution in [0.2, 0.25) is 0 Å². The van der Waals surface area contributed by atoms with Crippen molar-refractivity contribution < 1.29 is 8.78 Å². The normalized spacial score (nSPS) is 36.4. The predicted octanol–water partition coefficient (Wildman–Crippen LogP) is 4.09. The lowest BCUT2D eigenvalue weighted by Crippen LogP contribution is -2.54. The maximum atomic E-state index is 14.8. The third kappa shape index (κ3) is 1.54. The van der Waals surface area contributed by atoms with Gasteiger partial charge in [0.25, 0.3) is 0 Å². The van der Waals surface area contributed by atoms with Crippen LogP contribution in [0.4, 0.5) is 8.78 Å². The molecule has 2 heterocycles. The topological polar surface area (TPSA) is 30.7 Å². The molecule has 3 nitrogen and oxygen atoms in total. The lowest BCUT2D eigenvalue weighted by molar-refractivity contribution is -0.162. The summed E-state index contributed by atoms with van der Waals surface area (Å²) >= 11 is 0. The minimum absolute atomic E-state index is 0.173. The molecule has 3 fully saturated rings. The molecular weight excluding hydrogens is 284 g/mol. The number of nitrogens with zero attached hydrogens (tertiary/aromatic N) is 3. The van der Waals surface area contributed by atoms with Crippen LogP contribution in [0.3, 0.4) is 0 Å². The molecule has 2 bridgehead atoms. The maximum Gasteiger partial charge on any atom is 0.185 e. The molecule has 114 valence electrons. The summed E-state index contributed by atoms with van der Waals surface area (Å²) in [6.07, 6.45) is 0.868. The number of benzene rings is 1. The average molecular weight is 301 g/mol. The summed E-state index contributed by atoms with van der Waals surface area (Å²) in [7, 11) is 0. The van der Waals surface area contributed by atoms with E-state index in [9.17, 15) is 8.78 Å². The molecule has 3 aliphatic carbocycles. The quantitative estimate of drug-likeness (QED) is 0.855. The van der Waals surface area contributed by atoms with Gasteiger partial charge in [-0.25, -0.2) is 18.4 Å². The van der Waals surface area contributed by atoms with E-state index in [0.29, 0.717) is 12.3 Å². The van der Waals surface area contributed by atoms with Crippen LogP contribution in [0.5, 0.6) is 0 Å². The third-order valence-corrected chi connectivity index (χ3v) is 5.71. The standard InChI is InChI=1S/C17H17F2N3/c18-12-6-13(11-4-2-1-3-5-11)22-16(12)20-15(21-22)14(19)17-7-10(8-17)9-17/h1-5,10,12-14H,6-9H2/t10?,12-,13-,14-,17?/m0/s1. The first-order chi connectivity index (χ1) is 10.7. The van der Waals surface area contributed by atoms with Gasteiger partial charge in [-0.1, -0.05) is 30.3 Å². The largest absolute Gasteiger partial charge is 0.239 e. The Balaban J connectivity index is 1.50. The van der Waals surface area contributed by atoms with Gasteiger partial charge in [-0.2, -0.15) is 5.10 Å². The molecule has 2 aromatic rings. The molecule has 22 heavy (non-hydrogen) atoms. The number of rotatable bonds is 3. The zero-order valence-corrected chi connectivity index (χ0v) is 12.1. The van der Waals surface area contributed by atoms with Crippen LogP contribution in [-0.2, 0) is 0 Å². The highest BCUT2D eigenvalue weighted by Gasteiger charge is 2.62. The number of hydrogen-bond acceptors (Lipinski definition) is 2. The highest BCUT2D eigenvalue weighted by atomic mass is 19.1. The summed E-state index contributed by atoms with van der Waals surface area (Å²) in [5.74, 6) is 1.19. The van der Waals surface area contributed by atoms with Crippen LogP contribution in [0.25, 0.3) is 0 Å². The molecule has 4 aliphatic rings. The van der Waals surface area contributed by atoms with Crippen molar-refractivity contribution in [3.8, 4) is 0 Å². The Morgan fingerprint density at radius 2 is 1.91 bits per heavy atom. The number of alkyl halides is 2. The first-order valence-electron chi connectivity index (χ1n) is 7.96. The van der Waals surface area contributed by atoms with Crippen molar-refractivity contribution >= 4 is 0 Å². The Kier molecular flexibility index (Phi) is 2.40. The highest BCUT2D eigenvalue weighted by molar-refractivity contribution is 5.24. The summed E-state index contributed by atoms with van der Waals surface area (Å²) in [6, 6.07) is 9.53. The van der Waals surface area contributed by atoms with Gasteiger partial charge >= 0.3 is 0 Å². The summed E-state index contributed by atoms with van der Waals surface area (Å²) in [5.41, 5.74) is 0.766. The molecule has 0 unspecified atom stereocenters. The third-order valence-electron chi connectivity index (χ3n) is 5.71. The Morgan fingerprint density at radius 3 is 2.55 bits per heavy atom. The second kappa shape index (κ2) is 4.15. The maximum absolute atomic E-state index is 14.8. The van der Waals surface area contributed by atoms with E-state index in [0.717, 1.165) is 24.8 Å². The number of fused-ring (bicyclic) bond motifs is 1. The molecule has 0 radical (unpaired) electrons. The summed E-state index contributed by atoms with van der Waals surface area (Å²) < 4.78 is 30.6. The van der Waals surface area contributed by atoms with Gasteiger partial charge in [0.2, 0.25) is 0 Å². The van der Waals surface area contributed by atoms with E-state index in [-0.39, 0.29) is 23.1 Å². The smallest absolute Gasteiger partial charge is 0.185 e. The van der Waals surface area contributed by atoms with E-state index in [1.165, 1.54) is 0 Å². The van der Waals surface area contributed by atoms with Crippen molar-refractivity contribution in [2.45, 2.75) is 44.1 Å². The SMILES string of the molecule is F[C@H]1C[C@@H](c2ccccc2)n2nc([C@H](F)C34CC(C3)C4)nc21. The monoisotopic (exact) mass is 301 g/mol. The van der Waals surface area contributed by atoms with Crippen LogP contribution in [0.1, 0.15) is 61.3 Å². The van der Waals surface area contributed by atoms with Gasteiger partial charge in [-0.05, 0) is 30.7 Å². The van der Waals surface area contributed by atoms with Crippen LogP contribution in [-0.4, -0.2) is 14.8 Å². The zero-order valence-electron chi connectivity index (χ0n) is 12.1. The Morgan fingerprint density at radius 1 is 1.18 bits per heavy atom. The molecule has 0 spiro atoms. The molecule has 3 saturated carbocycles. The van der Waals surface area contributed by atoms with E-state index in [1.54, 1.807) is 4.68 Å². The van der Waals surface area contributed by atoms with E-state index < -0.39 is 12.3 Å². The number of halogens is 2. The van der Waals surface area contributed by atoms with Crippen molar-refractivity contribution in [2.24, 2.45) is 11.3 Å². The first-order valence-corrected chi connectivity index (χ1v) is 7.96. The minimum Gasteiger partial charge on any atom is -0.239 e. The molecule has 3 atom stereocenters. The second-order valence-electron chi connectivity index (χ2n) is 7.11. The predicted molar refractivity (Wildman–Crippen MR) is 76.7 cm³/mol. The van der Waals surface area contributed by atoms with E-state index in [2.05, 4.69) is 10.1 Å². The number of aromatic nitrogens is 3. The Bertz CT molecular complexity index is 710. The van der Waals surface area contributed by atoms with Gasteiger partial charge in [-0.15, -0.1) is 0 Å². The van der Waals surface area contributed by atoms with Gasteiger partial charge in [0.05, 0.1) is 6.04 Å². The van der Waals surface area contributed by atoms with Crippen molar-refractivity contribution in [3.05, 3.63) is 47.5 Å². The molecular formula is C17H17F2N3. The van der Waals surface area contributed by atoms with Crippen LogP contribution in [0, 0.1) is 11.3 Å². The summed E-state index contributed by atoms with van der Waals surface area (Å²) in [5, 5.41) is 4.36. The van der Waals surface area contributed by atoms with Crippen LogP contribution >= 0.6 is 0 Å². The van der Waals surface area contributed by atoms with Crippen molar-refractivity contribution in [2.75, 3.05) is 0 Å². The average Bonchev–Trinajstić information content (AvgIpc) is 2.97. The molecule has 0 saturated heterocycles. The summed E-state index contributed by atoms with van der Waals surface area (Å²) in [4.78, 5) is 4.22. The fourth-order valence-electron chi connectivity index (χ4n) is 4.39. The molecule has 1 aliphatic heterocycles. The van der Waals surface area contributed by atoms with E-state index >= 15 is 0 Å². The molecule has 5 heteroatoms. The molecule has 1 aromatic heterocycles. The fraction of sp³-hybridized carbons (Fsp3) is 0.529. The Labute approximate surface area is 127 Å². The van der Waals surface area contributed by atoms with Crippen molar-refractivity contribution in [1.82, 2.24) is 14.8 Å². The Hall–Kier alpha value is -1.78. The van der Waals surface area contributed by atoms with Gasteiger partial charge < -0.3 is 0 Å². The summed E-state index contributed by atoms with van der Waals surface area (Å²) in [6.45, 7) is 0. The zero-order chi connectivity index (χ0) is 14.9. The lowest BCUT2D eigenvalue weighted by atomic mass is 9.42. The van der Waals surface area contributed by atoms with Gasteiger partial charge in [0, 0.05) is 11.8 Å². The highest BCUT2D eigenvalue weighted by Crippen LogP contribution is 2.70. The second-order valence-corrected chi connectivity index (χ2v) is 7.11. The molecule has 6 rings (SSSR count).